The Bertz CT molecular complexity index is 980. The zero-order valence-electron chi connectivity index (χ0n) is 23.7. The van der Waals surface area contributed by atoms with Gasteiger partial charge in [-0.05, 0) is 44.9 Å². The second kappa shape index (κ2) is 17.1. The van der Waals surface area contributed by atoms with E-state index in [1.54, 1.807) is 45.0 Å². The van der Waals surface area contributed by atoms with Crippen molar-refractivity contribution in [2.75, 3.05) is 26.8 Å². The Labute approximate surface area is 231 Å². The first kappa shape index (κ1) is 33.4. The lowest BCUT2D eigenvalue weighted by molar-refractivity contribution is -0.145. The van der Waals surface area contributed by atoms with Crippen molar-refractivity contribution in [2.45, 2.75) is 83.9 Å². The highest BCUT2D eigenvalue weighted by atomic mass is 16.6. The minimum Gasteiger partial charge on any atom is -0.468 e. The Hall–Kier alpha value is -3.58. The molecule has 0 spiro atoms. The predicted molar refractivity (Wildman–Crippen MR) is 147 cm³/mol. The number of unbranched alkanes of at least 4 members (excludes halogenated alkanes) is 5. The largest absolute Gasteiger partial charge is 0.468 e. The van der Waals surface area contributed by atoms with Crippen LogP contribution in [0.2, 0.25) is 0 Å². The molecule has 1 rings (SSSR count). The first-order valence-electron chi connectivity index (χ1n) is 13.3. The number of hydrogen-bond donors (Lipinski definition) is 3. The summed E-state index contributed by atoms with van der Waals surface area (Å²) in [6.45, 7) is 6.21. The first-order chi connectivity index (χ1) is 18.5. The molecule has 0 fully saturated rings. The number of terminal acetylenes is 1. The molecule has 3 amide bonds. The van der Waals surface area contributed by atoms with Crippen LogP contribution in [0.4, 0.5) is 4.79 Å². The van der Waals surface area contributed by atoms with Crippen LogP contribution in [0, 0.1) is 12.3 Å². The molecule has 0 aliphatic carbocycles. The highest BCUT2D eigenvalue weighted by Gasteiger charge is 2.36. The van der Waals surface area contributed by atoms with Crippen molar-refractivity contribution < 1.29 is 33.8 Å². The highest BCUT2D eigenvalue weighted by Crippen LogP contribution is 2.24. The molecule has 0 aliphatic heterocycles. The van der Waals surface area contributed by atoms with Gasteiger partial charge in [-0.3, -0.25) is 14.4 Å². The third-order valence-electron chi connectivity index (χ3n) is 5.80. The van der Waals surface area contributed by atoms with E-state index in [0.717, 1.165) is 32.1 Å². The van der Waals surface area contributed by atoms with Gasteiger partial charge < -0.3 is 30.1 Å². The normalized spacial score (nSPS) is 12.4. The topological polar surface area (TPSA) is 134 Å². The molecule has 0 aliphatic rings. The van der Waals surface area contributed by atoms with E-state index in [9.17, 15) is 24.3 Å². The van der Waals surface area contributed by atoms with E-state index in [1.807, 2.05) is 0 Å². The van der Waals surface area contributed by atoms with Gasteiger partial charge in [0.05, 0.1) is 13.7 Å². The van der Waals surface area contributed by atoms with Crippen LogP contribution in [0.5, 0.6) is 0 Å². The van der Waals surface area contributed by atoms with Gasteiger partial charge in [-0.2, -0.15) is 0 Å². The number of rotatable bonds is 15. The molecule has 0 heterocycles. The Balaban J connectivity index is 3.37. The summed E-state index contributed by atoms with van der Waals surface area (Å²) >= 11 is 0. The van der Waals surface area contributed by atoms with Crippen LogP contribution in [0.15, 0.2) is 24.3 Å². The summed E-state index contributed by atoms with van der Waals surface area (Å²) in [5.74, 6) is 0.564. The highest BCUT2D eigenvalue weighted by molar-refractivity contribution is 5.93. The number of aliphatic hydroxyl groups excluding tert-OH is 1. The van der Waals surface area contributed by atoms with Gasteiger partial charge in [0.15, 0.2) is 0 Å². The fraction of sp³-hybridized carbons (Fsp3) is 0.586. The third-order valence-corrected chi connectivity index (χ3v) is 5.80. The lowest BCUT2D eigenvalue weighted by atomic mass is 10.0. The summed E-state index contributed by atoms with van der Waals surface area (Å²) in [5.41, 5.74) is 0.214. The Morgan fingerprint density at radius 3 is 2.21 bits per heavy atom. The number of carbonyl (C=O) groups excluding carboxylic acids is 4. The fourth-order valence-electron chi connectivity index (χ4n) is 3.83. The standard InChI is InChI=1S/C29H43N3O7/c1-7-9-10-11-12-13-18-32(27(36)23(20-33)31-28(37)39-29(3,4)5)25(26(35)30-19-24(34)38-6)22-16-14-21(8-2)15-17-22/h2,14-17,23,25,33H,7,9-13,18-20H2,1,3-6H3,(H,30,35)(H,31,37). The maximum atomic E-state index is 13.8. The SMILES string of the molecule is C#Cc1ccc(C(C(=O)NCC(=O)OC)N(CCCCCCCC)C(=O)C(CO)NC(=O)OC(C)(C)C)cc1. The molecule has 2 unspecified atom stereocenters. The van der Waals surface area contributed by atoms with Crippen molar-refractivity contribution in [3.05, 3.63) is 35.4 Å². The molecule has 1 aromatic rings. The van der Waals surface area contributed by atoms with Gasteiger partial charge in [0.25, 0.3) is 0 Å². The van der Waals surface area contributed by atoms with Crippen LogP contribution in [0.25, 0.3) is 0 Å². The molecular formula is C29H43N3O7. The third kappa shape index (κ3) is 12.2. The minimum absolute atomic E-state index is 0.171. The predicted octanol–water partition coefficient (Wildman–Crippen LogP) is 3.07. The maximum Gasteiger partial charge on any atom is 0.408 e. The van der Waals surface area contributed by atoms with Gasteiger partial charge in [-0.1, -0.05) is 57.1 Å². The van der Waals surface area contributed by atoms with E-state index >= 15 is 0 Å². The lowest BCUT2D eigenvalue weighted by Crippen LogP contribution is -2.54. The lowest BCUT2D eigenvalue weighted by Gasteiger charge is -2.34. The zero-order valence-corrected chi connectivity index (χ0v) is 23.7. The summed E-state index contributed by atoms with van der Waals surface area (Å²) in [6, 6.07) is 4.03. The fourth-order valence-corrected chi connectivity index (χ4v) is 3.83. The number of benzene rings is 1. The number of nitrogens with one attached hydrogen (secondary N) is 2. The van der Waals surface area contributed by atoms with Crippen LogP contribution in [-0.4, -0.2) is 72.3 Å². The number of methoxy groups -OCH3 is 1. The first-order valence-corrected chi connectivity index (χ1v) is 13.3. The summed E-state index contributed by atoms with van der Waals surface area (Å²) < 4.78 is 9.87. The number of amides is 3. The van der Waals surface area contributed by atoms with E-state index < -0.39 is 54.7 Å². The number of alkyl carbamates (subject to hydrolysis) is 1. The molecule has 0 radical (unpaired) electrons. The molecule has 0 saturated heterocycles. The second-order valence-electron chi connectivity index (χ2n) is 10.1. The van der Waals surface area contributed by atoms with E-state index in [-0.39, 0.29) is 6.54 Å². The maximum absolute atomic E-state index is 13.8. The number of esters is 1. The van der Waals surface area contributed by atoms with E-state index in [0.29, 0.717) is 17.5 Å². The molecule has 39 heavy (non-hydrogen) atoms. The number of nitrogens with zero attached hydrogens (tertiary/aromatic N) is 1. The summed E-state index contributed by atoms with van der Waals surface area (Å²) in [4.78, 5) is 52.6. The molecule has 216 valence electrons. The molecule has 10 heteroatoms. The molecule has 0 saturated carbocycles. The summed E-state index contributed by atoms with van der Waals surface area (Å²) in [6.07, 6.45) is 10.2. The Morgan fingerprint density at radius 1 is 1.05 bits per heavy atom. The van der Waals surface area contributed by atoms with E-state index in [1.165, 1.54) is 12.0 Å². The number of ether oxygens (including phenoxy) is 2. The van der Waals surface area contributed by atoms with Crippen LogP contribution < -0.4 is 10.6 Å². The molecule has 1 aromatic carbocycles. The van der Waals surface area contributed by atoms with E-state index in [4.69, 9.17) is 11.2 Å². The summed E-state index contributed by atoms with van der Waals surface area (Å²) in [7, 11) is 1.20. The van der Waals surface area contributed by atoms with Crippen LogP contribution in [-0.2, 0) is 23.9 Å². The number of hydrogen-bond acceptors (Lipinski definition) is 7. The summed E-state index contributed by atoms with van der Waals surface area (Å²) in [5, 5.41) is 15.0. The molecule has 0 bridgehead atoms. The van der Waals surface area contributed by atoms with Crippen LogP contribution in [0.3, 0.4) is 0 Å². The van der Waals surface area contributed by atoms with Crippen molar-refractivity contribution in [2.24, 2.45) is 0 Å². The van der Waals surface area contributed by atoms with Crippen molar-refractivity contribution in [1.82, 2.24) is 15.5 Å². The van der Waals surface area contributed by atoms with Crippen LogP contribution in [0.1, 0.15) is 83.4 Å². The van der Waals surface area contributed by atoms with Gasteiger partial charge in [0, 0.05) is 12.1 Å². The average molecular weight is 546 g/mol. The van der Waals surface area contributed by atoms with E-state index in [2.05, 4.69) is 28.2 Å². The van der Waals surface area contributed by atoms with Gasteiger partial charge in [0.2, 0.25) is 11.8 Å². The number of aliphatic hydroxyl groups is 1. The Morgan fingerprint density at radius 2 is 1.67 bits per heavy atom. The molecule has 0 aromatic heterocycles. The van der Waals surface area contributed by atoms with Crippen molar-refractivity contribution in [1.29, 1.82) is 0 Å². The molecule has 3 N–H and O–H groups in total. The van der Waals surface area contributed by atoms with Crippen molar-refractivity contribution in [3.63, 3.8) is 0 Å². The quantitative estimate of drug-likeness (QED) is 0.175. The monoisotopic (exact) mass is 545 g/mol. The smallest absolute Gasteiger partial charge is 0.408 e. The Kier molecular flexibility index (Phi) is 14.7. The molecule has 10 nitrogen and oxygen atoms in total. The molecular weight excluding hydrogens is 502 g/mol. The number of carbonyl (C=O) groups is 4. The van der Waals surface area contributed by atoms with Gasteiger partial charge in [-0.25, -0.2) is 4.79 Å². The van der Waals surface area contributed by atoms with Crippen molar-refractivity contribution >= 4 is 23.9 Å². The van der Waals surface area contributed by atoms with Gasteiger partial charge >= 0.3 is 12.1 Å². The molecule has 2 atom stereocenters. The minimum atomic E-state index is -1.36. The second-order valence-corrected chi connectivity index (χ2v) is 10.1. The average Bonchev–Trinajstić information content (AvgIpc) is 2.90. The zero-order chi connectivity index (χ0) is 29.4. The van der Waals surface area contributed by atoms with Crippen LogP contribution >= 0.6 is 0 Å². The van der Waals surface area contributed by atoms with Crippen molar-refractivity contribution in [3.8, 4) is 12.3 Å². The van der Waals surface area contributed by atoms with Gasteiger partial charge in [-0.15, -0.1) is 6.42 Å². The van der Waals surface area contributed by atoms with Gasteiger partial charge in [0.1, 0.15) is 24.2 Å².